The Morgan fingerprint density at radius 1 is 1.17 bits per heavy atom. The number of fused-ring (bicyclic) bond motifs is 1. The molecule has 1 aromatic heterocycles. The van der Waals surface area contributed by atoms with Crippen molar-refractivity contribution in [3.63, 3.8) is 0 Å². The van der Waals surface area contributed by atoms with E-state index in [1.54, 1.807) is 24.3 Å². The van der Waals surface area contributed by atoms with E-state index in [0.29, 0.717) is 12.4 Å². The average Bonchev–Trinajstić information content (AvgIpc) is 2.90. The summed E-state index contributed by atoms with van der Waals surface area (Å²) >= 11 is 0. The third-order valence-corrected chi connectivity index (χ3v) is 3.75. The van der Waals surface area contributed by atoms with E-state index in [0.717, 1.165) is 23.1 Å². The SMILES string of the molecule is CCn1c(COc2ccc(F)cc2)cc2cc(C(=O)O)ccc21. The van der Waals surface area contributed by atoms with Gasteiger partial charge in [-0.25, -0.2) is 9.18 Å². The molecule has 1 heterocycles. The van der Waals surface area contributed by atoms with E-state index in [1.165, 1.54) is 12.1 Å². The van der Waals surface area contributed by atoms with Gasteiger partial charge in [-0.15, -0.1) is 0 Å². The number of halogens is 1. The van der Waals surface area contributed by atoms with E-state index in [-0.39, 0.29) is 11.4 Å². The molecule has 0 amide bonds. The molecule has 0 spiro atoms. The summed E-state index contributed by atoms with van der Waals surface area (Å²) in [5.41, 5.74) is 2.17. The maximum Gasteiger partial charge on any atom is 0.335 e. The number of ether oxygens (including phenoxy) is 1. The van der Waals surface area contributed by atoms with Crippen molar-refractivity contribution >= 4 is 16.9 Å². The zero-order valence-electron chi connectivity index (χ0n) is 12.6. The number of aryl methyl sites for hydroxylation is 1. The minimum atomic E-state index is -0.944. The van der Waals surface area contributed by atoms with Gasteiger partial charge < -0.3 is 14.4 Å². The Labute approximate surface area is 132 Å². The standard InChI is InChI=1S/C18H16FNO3/c1-2-20-15(11-23-16-6-4-14(19)5-7-16)10-13-9-12(18(21)22)3-8-17(13)20/h3-10H,2,11H2,1H3,(H,21,22). The third kappa shape index (κ3) is 3.04. The lowest BCUT2D eigenvalue weighted by atomic mass is 10.1. The molecule has 0 fully saturated rings. The van der Waals surface area contributed by atoms with E-state index in [4.69, 9.17) is 9.84 Å². The number of hydrogen-bond acceptors (Lipinski definition) is 2. The van der Waals surface area contributed by atoms with Crippen molar-refractivity contribution in [3.8, 4) is 5.75 Å². The van der Waals surface area contributed by atoms with Crippen LogP contribution in [0.5, 0.6) is 5.75 Å². The smallest absolute Gasteiger partial charge is 0.335 e. The number of aromatic carboxylic acids is 1. The summed E-state index contributed by atoms with van der Waals surface area (Å²) in [5, 5.41) is 9.96. The third-order valence-electron chi connectivity index (χ3n) is 3.75. The molecule has 0 aliphatic heterocycles. The highest BCUT2D eigenvalue weighted by atomic mass is 19.1. The minimum absolute atomic E-state index is 0.261. The number of carbonyl (C=O) groups is 1. The summed E-state index contributed by atoms with van der Waals surface area (Å²) in [6.07, 6.45) is 0. The zero-order valence-corrected chi connectivity index (χ0v) is 12.6. The molecular formula is C18H16FNO3. The lowest BCUT2D eigenvalue weighted by molar-refractivity contribution is 0.0697. The fourth-order valence-electron chi connectivity index (χ4n) is 2.64. The van der Waals surface area contributed by atoms with Crippen LogP contribution >= 0.6 is 0 Å². The molecule has 118 valence electrons. The first-order chi connectivity index (χ1) is 11.1. The molecule has 0 saturated heterocycles. The van der Waals surface area contributed by atoms with Crippen LogP contribution in [0.15, 0.2) is 48.5 Å². The number of nitrogens with zero attached hydrogens (tertiary/aromatic N) is 1. The molecule has 0 unspecified atom stereocenters. The second-order valence-electron chi connectivity index (χ2n) is 5.20. The van der Waals surface area contributed by atoms with Crippen molar-refractivity contribution < 1.29 is 19.0 Å². The molecular weight excluding hydrogens is 297 g/mol. The van der Waals surface area contributed by atoms with Crippen LogP contribution in [0.4, 0.5) is 4.39 Å². The second-order valence-corrected chi connectivity index (χ2v) is 5.20. The predicted molar refractivity (Wildman–Crippen MR) is 85.3 cm³/mol. The Hall–Kier alpha value is -2.82. The summed E-state index contributed by atoms with van der Waals surface area (Å²) in [4.78, 5) is 11.1. The molecule has 1 N–H and O–H groups in total. The summed E-state index contributed by atoms with van der Waals surface area (Å²) in [7, 11) is 0. The van der Waals surface area contributed by atoms with Crippen LogP contribution in [-0.2, 0) is 13.2 Å². The Balaban J connectivity index is 1.90. The van der Waals surface area contributed by atoms with Gasteiger partial charge in [0, 0.05) is 17.4 Å². The Kier molecular flexibility index (Phi) is 4.02. The molecule has 5 heteroatoms. The maximum absolute atomic E-state index is 12.9. The van der Waals surface area contributed by atoms with Crippen LogP contribution in [0.2, 0.25) is 0 Å². The maximum atomic E-state index is 12.9. The van der Waals surface area contributed by atoms with Gasteiger partial charge in [0.15, 0.2) is 0 Å². The molecule has 0 aliphatic carbocycles. The molecule has 0 aliphatic rings. The molecule has 23 heavy (non-hydrogen) atoms. The van der Waals surface area contributed by atoms with E-state index in [1.807, 2.05) is 19.1 Å². The highest BCUT2D eigenvalue weighted by Crippen LogP contribution is 2.23. The topological polar surface area (TPSA) is 51.5 Å². The molecule has 0 saturated carbocycles. The largest absolute Gasteiger partial charge is 0.487 e. The van der Waals surface area contributed by atoms with Crippen molar-refractivity contribution in [1.82, 2.24) is 4.57 Å². The van der Waals surface area contributed by atoms with Crippen molar-refractivity contribution in [2.75, 3.05) is 0 Å². The monoisotopic (exact) mass is 313 g/mol. The van der Waals surface area contributed by atoms with Gasteiger partial charge in [0.25, 0.3) is 0 Å². The number of rotatable bonds is 5. The number of hydrogen-bond donors (Lipinski definition) is 1. The fraction of sp³-hybridized carbons (Fsp3) is 0.167. The molecule has 3 aromatic rings. The summed E-state index contributed by atoms with van der Waals surface area (Å²) in [6.45, 7) is 3.10. The van der Waals surface area contributed by atoms with Crippen molar-refractivity contribution in [2.45, 2.75) is 20.1 Å². The minimum Gasteiger partial charge on any atom is -0.487 e. The van der Waals surface area contributed by atoms with Gasteiger partial charge in [0.05, 0.1) is 11.3 Å². The summed E-state index contributed by atoms with van der Waals surface area (Å²) in [5.74, 6) is -0.660. The predicted octanol–water partition coefficient (Wildman–Crippen LogP) is 4.08. The van der Waals surface area contributed by atoms with Crippen LogP contribution in [0.3, 0.4) is 0 Å². The van der Waals surface area contributed by atoms with Gasteiger partial charge in [-0.2, -0.15) is 0 Å². The van der Waals surface area contributed by atoms with Crippen LogP contribution in [-0.4, -0.2) is 15.6 Å². The van der Waals surface area contributed by atoms with Crippen LogP contribution in [0.1, 0.15) is 23.0 Å². The molecule has 3 rings (SSSR count). The van der Waals surface area contributed by atoms with E-state index < -0.39 is 5.97 Å². The number of carboxylic acid groups (broad SMARTS) is 1. The zero-order chi connectivity index (χ0) is 16.4. The first-order valence-electron chi connectivity index (χ1n) is 7.32. The molecule has 0 bridgehead atoms. The Bertz CT molecular complexity index is 853. The van der Waals surface area contributed by atoms with Gasteiger partial charge in [0.2, 0.25) is 0 Å². The van der Waals surface area contributed by atoms with Gasteiger partial charge in [-0.05, 0) is 55.5 Å². The van der Waals surface area contributed by atoms with E-state index in [9.17, 15) is 9.18 Å². The average molecular weight is 313 g/mol. The summed E-state index contributed by atoms with van der Waals surface area (Å²) < 4.78 is 20.7. The van der Waals surface area contributed by atoms with E-state index in [2.05, 4.69) is 4.57 Å². The highest BCUT2D eigenvalue weighted by molar-refractivity contribution is 5.94. The molecule has 0 radical (unpaired) electrons. The number of carboxylic acids is 1. The Morgan fingerprint density at radius 3 is 2.57 bits per heavy atom. The summed E-state index contributed by atoms with van der Waals surface area (Å²) in [6, 6.07) is 12.9. The number of aromatic nitrogens is 1. The molecule has 0 atom stereocenters. The molecule has 2 aromatic carbocycles. The lowest BCUT2D eigenvalue weighted by Gasteiger charge is -2.10. The van der Waals surface area contributed by atoms with Gasteiger partial charge in [-0.1, -0.05) is 0 Å². The first-order valence-corrected chi connectivity index (χ1v) is 7.32. The van der Waals surface area contributed by atoms with E-state index >= 15 is 0 Å². The quantitative estimate of drug-likeness (QED) is 0.772. The molecule has 4 nitrogen and oxygen atoms in total. The highest BCUT2D eigenvalue weighted by Gasteiger charge is 2.11. The van der Waals surface area contributed by atoms with Crippen LogP contribution < -0.4 is 4.74 Å². The van der Waals surface area contributed by atoms with Gasteiger partial charge >= 0.3 is 5.97 Å². The lowest BCUT2D eigenvalue weighted by Crippen LogP contribution is -2.04. The first kappa shape index (κ1) is 15.1. The van der Waals surface area contributed by atoms with Crippen LogP contribution in [0.25, 0.3) is 10.9 Å². The normalized spacial score (nSPS) is 10.9. The van der Waals surface area contributed by atoms with Crippen LogP contribution in [0, 0.1) is 5.82 Å². The van der Waals surface area contributed by atoms with Gasteiger partial charge in [-0.3, -0.25) is 0 Å². The number of benzene rings is 2. The fourth-order valence-corrected chi connectivity index (χ4v) is 2.64. The van der Waals surface area contributed by atoms with Gasteiger partial charge in [0.1, 0.15) is 18.2 Å². The van der Waals surface area contributed by atoms with Crippen molar-refractivity contribution in [3.05, 3.63) is 65.6 Å². The second kappa shape index (κ2) is 6.12. The van der Waals surface area contributed by atoms with Crippen molar-refractivity contribution in [2.24, 2.45) is 0 Å². The Morgan fingerprint density at radius 2 is 1.91 bits per heavy atom. The van der Waals surface area contributed by atoms with Crippen molar-refractivity contribution in [1.29, 1.82) is 0 Å².